The minimum Gasteiger partial charge on any atom is -0.484 e. The first-order valence-electron chi connectivity index (χ1n) is 4.44. The van der Waals surface area contributed by atoms with Gasteiger partial charge >= 0.3 is 0 Å². The summed E-state index contributed by atoms with van der Waals surface area (Å²) in [6.07, 6.45) is -0.144. The molecule has 2 atom stereocenters. The van der Waals surface area contributed by atoms with Crippen LogP contribution in [0.3, 0.4) is 0 Å². The number of benzene rings is 1. The Morgan fingerprint density at radius 1 is 1.46 bits per heavy atom. The molecule has 2 unspecified atom stereocenters. The molecule has 70 valence electrons. The van der Waals surface area contributed by atoms with Crippen molar-refractivity contribution in [1.29, 1.82) is 0 Å². The second-order valence-corrected chi connectivity index (χ2v) is 3.27. The third kappa shape index (κ3) is 1.47. The number of aliphatic hydroxyl groups is 1. The van der Waals surface area contributed by atoms with Crippen molar-refractivity contribution in [3.63, 3.8) is 0 Å². The molecular weight excluding hydrogens is 166 g/mol. The van der Waals surface area contributed by atoms with Crippen molar-refractivity contribution in [3.05, 3.63) is 24.3 Å². The monoisotopic (exact) mass is 179 g/mol. The highest BCUT2D eigenvalue weighted by molar-refractivity contribution is 5.58. The van der Waals surface area contributed by atoms with Gasteiger partial charge in [-0.25, -0.2) is 0 Å². The van der Waals surface area contributed by atoms with Crippen molar-refractivity contribution in [2.75, 3.05) is 11.9 Å². The Bertz CT molecular complexity index is 301. The smallest absolute Gasteiger partial charge is 0.143 e. The van der Waals surface area contributed by atoms with Gasteiger partial charge in [-0.15, -0.1) is 0 Å². The minimum absolute atomic E-state index is 0.0441. The lowest BCUT2D eigenvalue weighted by molar-refractivity contribution is 0.0978. The standard InChI is InChI=1S/C10H13NO2/c1-7-10(6-12)13-9-5-3-2-4-8(9)11-7/h2-5,7,10-12H,6H2,1H3. The van der Waals surface area contributed by atoms with E-state index in [2.05, 4.69) is 5.32 Å². The number of hydrogen-bond donors (Lipinski definition) is 2. The van der Waals surface area contributed by atoms with Gasteiger partial charge in [-0.2, -0.15) is 0 Å². The third-order valence-electron chi connectivity index (χ3n) is 2.29. The molecule has 0 aromatic heterocycles. The van der Waals surface area contributed by atoms with Crippen LogP contribution in [0.15, 0.2) is 24.3 Å². The highest BCUT2D eigenvalue weighted by Gasteiger charge is 2.24. The van der Waals surface area contributed by atoms with E-state index in [1.165, 1.54) is 0 Å². The van der Waals surface area contributed by atoms with Crippen LogP contribution >= 0.6 is 0 Å². The molecule has 3 heteroatoms. The minimum atomic E-state index is -0.144. The van der Waals surface area contributed by atoms with Gasteiger partial charge in [0.1, 0.15) is 11.9 Å². The van der Waals surface area contributed by atoms with E-state index in [1.807, 2.05) is 31.2 Å². The fraction of sp³-hybridized carbons (Fsp3) is 0.400. The molecule has 1 aromatic carbocycles. The zero-order chi connectivity index (χ0) is 9.26. The first-order chi connectivity index (χ1) is 6.31. The van der Waals surface area contributed by atoms with Gasteiger partial charge in [0.25, 0.3) is 0 Å². The molecule has 0 saturated carbocycles. The van der Waals surface area contributed by atoms with Crippen LogP contribution in [0.25, 0.3) is 0 Å². The second kappa shape index (κ2) is 3.26. The second-order valence-electron chi connectivity index (χ2n) is 3.27. The van der Waals surface area contributed by atoms with Crippen molar-refractivity contribution in [2.24, 2.45) is 0 Å². The van der Waals surface area contributed by atoms with Crippen molar-refractivity contribution in [1.82, 2.24) is 0 Å². The van der Waals surface area contributed by atoms with Crippen molar-refractivity contribution < 1.29 is 9.84 Å². The lowest BCUT2D eigenvalue weighted by atomic mass is 10.1. The predicted octanol–water partition coefficient (Wildman–Crippen LogP) is 1.24. The molecule has 2 rings (SSSR count). The number of ether oxygens (including phenoxy) is 1. The number of anilines is 1. The zero-order valence-electron chi connectivity index (χ0n) is 7.53. The van der Waals surface area contributed by atoms with Gasteiger partial charge < -0.3 is 15.2 Å². The van der Waals surface area contributed by atoms with Crippen LogP contribution in [0.1, 0.15) is 6.92 Å². The van der Waals surface area contributed by atoms with Gasteiger partial charge in [-0.3, -0.25) is 0 Å². The summed E-state index contributed by atoms with van der Waals surface area (Å²) in [7, 11) is 0. The maximum Gasteiger partial charge on any atom is 0.143 e. The van der Waals surface area contributed by atoms with Crippen molar-refractivity contribution in [3.8, 4) is 5.75 Å². The molecule has 1 aromatic rings. The molecule has 0 aliphatic carbocycles. The van der Waals surface area contributed by atoms with E-state index >= 15 is 0 Å². The zero-order valence-corrected chi connectivity index (χ0v) is 7.53. The number of para-hydroxylation sites is 2. The summed E-state index contributed by atoms with van der Waals surface area (Å²) in [5.41, 5.74) is 1.000. The molecule has 3 nitrogen and oxygen atoms in total. The van der Waals surface area contributed by atoms with Gasteiger partial charge in [0.2, 0.25) is 0 Å². The van der Waals surface area contributed by atoms with Gasteiger partial charge in [-0.05, 0) is 19.1 Å². The van der Waals surface area contributed by atoms with Gasteiger partial charge in [-0.1, -0.05) is 12.1 Å². The van der Waals surface area contributed by atoms with Crippen LogP contribution in [0.5, 0.6) is 5.75 Å². The summed E-state index contributed by atoms with van der Waals surface area (Å²) in [6, 6.07) is 7.91. The maximum absolute atomic E-state index is 9.02. The average molecular weight is 179 g/mol. The molecular formula is C10H13NO2. The van der Waals surface area contributed by atoms with E-state index in [0.29, 0.717) is 0 Å². The first-order valence-corrected chi connectivity index (χ1v) is 4.44. The Labute approximate surface area is 77.3 Å². The van der Waals surface area contributed by atoms with E-state index in [4.69, 9.17) is 9.84 Å². The molecule has 2 N–H and O–H groups in total. The Balaban J connectivity index is 2.27. The lowest BCUT2D eigenvalue weighted by Gasteiger charge is -2.31. The Kier molecular flexibility index (Phi) is 2.10. The van der Waals surface area contributed by atoms with E-state index in [1.54, 1.807) is 0 Å². The van der Waals surface area contributed by atoms with Gasteiger partial charge in [0, 0.05) is 0 Å². The topological polar surface area (TPSA) is 41.5 Å². The van der Waals surface area contributed by atoms with Crippen LogP contribution in [0.4, 0.5) is 5.69 Å². The summed E-state index contributed by atoms with van der Waals surface area (Å²) in [5, 5.41) is 12.3. The van der Waals surface area contributed by atoms with E-state index in [0.717, 1.165) is 11.4 Å². The average Bonchev–Trinajstić information content (AvgIpc) is 2.17. The number of fused-ring (bicyclic) bond motifs is 1. The summed E-state index contributed by atoms with van der Waals surface area (Å²) < 4.78 is 5.58. The molecule has 0 fully saturated rings. The van der Waals surface area contributed by atoms with E-state index < -0.39 is 0 Å². The summed E-state index contributed by atoms with van der Waals surface area (Å²) in [6.45, 7) is 2.04. The van der Waals surface area contributed by atoms with E-state index in [-0.39, 0.29) is 18.8 Å². The Hall–Kier alpha value is -1.22. The highest BCUT2D eigenvalue weighted by atomic mass is 16.5. The van der Waals surface area contributed by atoms with Gasteiger partial charge in [0.05, 0.1) is 18.3 Å². The Morgan fingerprint density at radius 3 is 3.00 bits per heavy atom. The molecule has 1 aliphatic heterocycles. The Morgan fingerprint density at radius 2 is 2.23 bits per heavy atom. The fourth-order valence-corrected chi connectivity index (χ4v) is 1.49. The van der Waals surface area contributed by atoms with Crippen LogP contribution in [0, 0.1) is 0 Å². The van der Waals surface area contributed by atoms with Crippen molar-refractivity contribution >= 4 is 5.69 Å². The summed E-state index contributed by atoms with van der Waals surface area (Å²) in [5.74, 6) is 0.819. The van der Waals surface area contributed by atoms with E-state index in [9.17, 15) is 0 Å². The molecule has 1 heterocycles. The van der Waals surface area contributed by atoms with Crippen LogP contribution in [-0.4, -0.2) is 23.9 Å². The molecule has 13 heavy (non-hydrogen) atoms. The third-order valence-corrected chi connectivity index (χ3v) is 2.29. The molecule has 0 bridgehead atoms. The normalized spacial score (nSPS) is 25.7. The van der Waals surface area contributed by atoms with Gasteiger partial charge in [0.15, 0.2) is 0 Å². The molecule has 0 amide bonds. The first kappa shape index (κ1) is 8.38. The number of hydrogen-bond acceptors (Lipinski definition) is 3. The van der Waals surface area contributed by atoms with Crippen molar-refractivity contribution in [2.45, 2.75) is 19.1 Å². The van der Waals surface area contributed by atoms with Crippen LogP contribution in [-0.2, 0) is 0 Å². The fourth-order valence-electron chi connectivity index (χ4n) is 1.49. The number of rotatable bonds is 1. The maximum atomic E-state index is 9.02. The number of nitrogens with one attached hydrogen (secondary N) is 1. The quantitative estimate of drug-likeness (QED) is 0.681. The summed E-state index contributed by atoms with van der Waals surface area (Å²) >= 11 is 0. The highest BCUT2D eigenvalue weighted by Crippen LogP contribution is 2.30. The molecule has 0 saturated heterocycles. The summed E-state index contributed by atoms with van der Waals surface area (Å²) in [4.78, 5) is 0. The molecule has 0 spiro atoms. The van der Waals surface area contributed by atoms with Crippen LogP contribution in [0.2, 0.25) is 0 Å². The lowest BCUT2D eigenvalue weighted by Crippen LogP contribution is -2.41. The SMILES string of the molecule is CC1Nc2ccccc2OC1CO. The number of aliphatic hydroxyl groups excluding tert-OH is 1. The largest absolute Gasteiger partial charge is 0.484 e. The molecule has 0 radical (unpaired) electrons. The predicted molar refractivity (Wildman–Crippen MR) is 51.0 cm³/mol. The molecule has 1 aliphatic rings. The van der Waals surface area contributed by atoms with Crippen LogP contribution < -0.4 is 10.1 Å².